The normalized spacial score (nSPS) is 11.1. The van der Waals surface area contributed by atoms with Gasteiger partial charge in [0, 0.05) is 17.3 Å². The smallest absolute Gasteiger partial charge is 0.274 e. The molecule has 0 aliphatic heterocycles. The van der Waals surface area contributed by atoms with E-state index in [4.69, 9.17) is 11.6 Å². The van der Waals surface area contributed by atoms with Crippen LogP contribution in [-0.4, -0.2) is 37.1 Å². The van der Waals surface area contributed by atoms with E-state index in [1.54, 1.807) is 33.8 Å². The van der Waals surface area contributed by atoms with Crippen LogP contribution < -0.4 is 5.56 Å². The predicted molar refractivity (Wildman–Crippen MR) is 121 cm³/mol. The van der Waals surface area contributed by atoms with Crippen molar-refractivity contribution >= 4 is 28.4 Å². The maximum absolute atomic E-state index is 13.2. The highest BCUT2D eigenvalue weighted by Crippen LogP contribution is 2.17. The minimum absolute atomic E-state index is 0.168. The number of aromatic amines is 1. The summed E-state index contributed by atoms with van der Waals surface area (Å²) < 4.78 is 1.75. The van der Waals surface area contributed by atoms with Crippen LogP contribution in [0.25, 0.3) is 16.6 Å². The van der Waals surface area contributed by atoms with E-state index in [2.05, 4.69) is 15.1 Å². The van der Waals surface area contributed by atoms with Gasteiger partial charge in [-0.05, 0) is 49.7 Å². The molecule has 158 valence electrons. The number of hydrogen-bond acceptors (Lipinski definition) is 4. The Bertz CT molecular complexity index is 1300. The summed E-state index contributed by atoms with van der Waals surface area (Å²) in [5.74, 6) is 0.189. The lowest BCUT2D eigenvalue weighted by atomic mass is 10.2. The maximum atomic E-state index is 13.2. The van der Waals surface area contributed by atoms with Gasteiger partial charge in [0.05, 0.1) is 23.1 Å². The quantitative estimate of drug-likeness (QED) is 0.493. The molecule has 0 aliphatic carbocycles. The number of benzene rings is 2. The summed E-state index contributed by atoms with van der Waals surface area (Å²) in [6, 6.07) is 16.4. The molecular weight excluding hydrogens is 414 g/mol. The average molecular weight is 436 g/mol. The lowest BCUT2D eigenvalue weighted by Crippen LogP contribution is -2.33. The fourth-order valence-electron chi connectivity index (χ4n) is 3.51. The molecular formula is C23H22ClN5O2. The highest BCUT2D eigenvalue weighted by molar-refractivity contribution is 6.31. The van der Waals surface area contributed by atoms with E-state index in [1.165, 1.54) is 0 Å². The van der Waals surface area contributed by atoms with Crippen molar-refractivity contribution in [2.75, 3.05) is 6.54 Å². The number of hydrogen-bond donors (Lipinski definition) is 1. The van der Waals surface area contributed by atoms with Crippen molar-refractivity contribution in [3.05, 3.63) is 87.2 Å². The van der Waals surface area contributed by atoms with Crippen LogP contribution in [0.2, 0.25) is 5.02 Å². The zero-order valence-electron chi connectivity index (χ0n) is 17.3. The number of carbonyl (C=O) groups excluding carboxylic acids is 1. The van der Waals surface area contributed by atoms with Crippen molar-refractivity contribution < 1.29 is 4.79 Å². The first-order chi connectivity index (χ1) is 15.0. The second-order valence-corrected chi connectivity index (χ2v) is 7.76. The second-order valence-electron chi connectivity index (χ2n) is 7.32. The molecule has 0 saturated carbocycles. The van der Waals surface area contributed by atoms with Crippen LogP contribution >= 0.6 is 11.6 Å². The van der Waals surface area contributed by atoms with Gasteiger partial charge in [-0.2, -0.15) is 5.10 Å². The molecule has 8 heteroatoms. The largest absolute Gasteiger partial charge is 0.330 e. The number of H-pyrrole nitrogens is 1. The van der Waals surface area contributed by atoms with Crippen molar-refractivity contribution in [2.45, 2.75) is 26.8 Å². The van der Waals surface area contributed by atoms with Gasteiger partial charge in [0.1, 0.15) is 5.82 Å². The molecule has 0 unspecified atom stereocenters. The molecule has 0 aliphatic rings. The predicted octanol–water partition coefficient (Wildman–Crippen LogP) is 4.12. The number of carbonyl (C=O) groups is 1. The van der Waals surface area contributed by atoms with E-state index in [0.29, 0.717) is 34.0 Å². The summed E-state index contributed by atoms with van der Waals surface area (Å²) in [4.78, 5) is 34.6. The van der Waals surface area contributed by atoms with Gasteiger partial charge >= 0.3 is 0 Å². The third-order valence-electron chi connectivity index (χ3n) is 4.95. The van der Waals surface area contributed by atoms with Gasteiger partial charge in [0.2, 0.25) is 0 Å². The minimum Gasteiger partial charge on any atom is -0.330 e. The lowest BCUT2D eigenvalue weighted by molar-refractivity contribution is 0.0732. The molecule has 0 fully saturated rings. The zero-order chi connectivity index (χ0) is 22.0. The summed E-state index contributed by atoms with van der Waals surface area (Å²) in [5.41, 5.74) is 2.33. The van der Waals surface area contributed by atoms with Gasteiger partial charge in [-0.1, -0.05) is 36.7 Å². The number of nitrogens with zero attached hydrogens (tertiary/aromatic N) is 4. The number of aromatic nitrogens is 4. The van der Waals surface area contributed by atoms with Crippen molar-refractivity contribution in [3.8, 4) is 5.69 Å². The molecule has 0 saturated heterocycles. The van der Waals surface area contributed by atoms with Gasteiger partial charge in [-0.25, -0.2) is 9.67 Å². The SMILES string of the molecule is CCCN(Cc1nc2cc(Cl)ccc2c(=O)[nH]1)C(=O)c1cc(C)n(-c2ccccc2)n1. The molecule has 0 bridgehead atoms. The third-order valence-corrected chi connectivity index (χ3v) is 5.18. The highest BCUT2D eigenvalue weighted by Gasteiger charge is 2.21. The van der Waals surface area contributed by atoms with Crippen molar-refractivity contribution in [1.29, 1.82) is 0 Å². The molecule has 0 atom stereocenters. The Morgan fingerprint density at radius 2 is 1.94 bits per heavy atom. The van der Waals surface area contributed by atoms with E-state index < -0.39 is 0 Å². The summed E-state index contributed by atoms with van der Waals surface area (Å²) in [7, 11) is 0. The Balaban J connectivity index is 1.64. The van der Waals surface area contributed by atoms with Crippen LogP contribution in [0.15, 0.2) is 59.4 Å². The van der Waals surface area contributed by atoms with Gasteiger partial charge in [-0.15, -0.1) is 0 Å². The molecule has 1 N–H and O–H groups in total. The number of halogens is 1. The summed E-state index contributed by atoms with van der Waals surface area (Å²) in [6.07, 6.45) is 0.758. The number of para-hydroxylation sites is 1. The molecule has 0 radical (unpaired) electrons. The van der Waals surface area contributed by atoms with E-state index >= 15 is 0 Å². The molecule has 2 heterocycles. The molecule has 1 amide bonds. The Kier molecular flexibility index (Phi) is 5.86. The van der Waals surface area contributed by atoms with Gasteiger partial charge in [0.25, 0.3) is 11.5 Å². The number of nitrogens with one attached hydrogen (secondary N) is 1. The van der Waals surface area contributed by atoms with E-state index in [0.717, 1.165) is 17.8 Å². The number of fused-ring (bicyclic) bond motifs is 1. The molecule has 7 nitrogen and oxygen atoms in total. The van der Waals surface area contributed by atoms with Gasteiger partial charge in [-0.3, -0.25) is 9.59 Å². The van der Waals surface area contributed by atoms with Crippen molar-refractivity contribution in [3.63, 3.8) is 0 Å². The first kappa shape index (κ1) is 20.8. The topological polar surface area (TPSA) is 83.9 Å². The first-order valence-electron chi connectivity index (χ1n) is 10.1. The standard InChI is InChI=1S/C23H22ClN5O2/c1-3-11-28(14-21-25-19-13-16(24)9-10-18(19)22(30)26-21)23(31)20-12-15(2)29(27-20)17-7-5-4-6-8-17/h4-10,12-13H,3,11,14H2,1-2H3,(H,25,26,30). The van der Waals surface area contributed by atoms with E-state index in [1.807, 2.05) is 44.2 Å². The van der Waals surface area contributed by atoms with Crippen LogP contribution in [0.3, 0.4) is 0 Å². The average Bonchev–Trinajstić information content (AvgIpc) is 3.15. The second kappa shape index (κ2) is 8.73. The molecule has 0 spiro atoms. The van der Waals surface area contributed by atoms with Gasteiger partial charge < -0.3 is 9.88 Å². The summed E-state index contributed by atoms with van der Waals surface area (Å²) in [6.45, 7) is 4.58. The fraction of sp³-hybridized carbons (Fsp3) is 0.217. The van der Waals surface area contributed by atoms with Crippen molar-refractivity contribution in [1.82, 2.24) is 24.6 Å². The maximum Gasteiger partial charge on any atom is 0.274 e. The highest BCUT2D eigenvalue weighted by atomic mass is 35.5. The van der Waals surface area contributed by atoms with Crippen LogP contribution in [0.1, 0.15) is 35.4 Å². The van der Waals surface area contributed by atoms with Crippen LogP contribution in [0, 0.1) is 6.92 Å². The molecule has 2 aromatic heterocycles. The van der Waals surface area contributed by atoms with Crippen LogP contribution in [0.5, 0.6) is 0 Å². The zero-order valence-corrected chi connectivity index (χ0v) is 18.1. The van der Waals surface area contributed by atoms with E-state index in [9.17, 15) is 9.59 Å². The molecule has 31 heavy (non-hydrogen) atoms. The fourth-order valence-corrected chi connectivity index (χ4v) is 3.68. The Hall–Kier alpha value is -3.45. The molecule has 4 aromatic rings. The Labute approximate surface area is 184 Å². The van der Waals surface area contributed by atoms with E-state index in [-0.39, 0.29) is 18.0 Å². The Morgan fingerprint density at radius 1 is 1.16 bits per heavy atom. The Morgan fingerprint density at radius 3 is 2.68 bits per heavy atom. The van der Waals surface area contributed by atoms with Gasteiger partial charge in [0.15, 0.2) is 5.69 Å². The number of amides is 1. The van der Waals surface area contributed by atoms with Crippen LogP contribution in [0.4, 0.5) is 0 Å². The first-order valence-corrected chi connectivity index (χ1v) is 10.4. The molecule has 4 rings (SSSR count). The van der Waals surface area contributed by atoms with Crippen molar-refractivity contribution in [2.24, 2.45) is 0 Å². The minimum atomic E-state index is -0.259. The monoisotopic (exact) mass is 435 g/mol. The third kappa shape index (κ3) is 4.36. The summed E-state index contributed by atoms with van der Waals surface area (Å²) in [5, 5.41) is 5.48. The summed E-state index contributed by atoms with van der Waals surface area (Å²) >= 11 is 6.05. The number of rotatable bonds is 6. The van der Waals surface area contributed by atoms with Crippen LogP contribution in [-0.2, 0) is 6.54 Å². The lowest BCUT2D eigenvalue weighted by Gasteiger charge is -2.20. The number of aryl methyl sites for hydroxylation is 1. The molecule has 2 aromatic carbocycles.